The summed E-state index contributed by atoms with van der Waals surface area (Å²) in [5.74, 6) is 1.08. The average Bonchev–Trinajstić information content (AvgIpc) is 2.78. The predicted molar refractivity (Wildman–Crippen MR) is 72.8 cm³/mol. The molecular weight excluding hydrogens is 248 g/mol. The largest absolute Gasteiger partial charge is 0.436 e. The van der Waals surface area contributed by atoms with Crippen molar-refractivity contribution in [3.8, 4) is 11.6 Å². The van der Waals surface area contributed by atoms with Crippen LogP contribution in [0, 0.1) is 0 Å². The van der Waals surface area contributed by atoms with Crippen molar-refractivity contribution in [3.63, 3.8) is 0 Å². The Labute approximate surface area is 111 Å². The maximum Gasteiger partial charge on any atom is 0.220 e. The Morgan fingerprint density at radius 1 is 1.44 bits per heavy atom. The van der Waals surface area contributed by atoms with Gasteiger partial charge >= 0.3 is 0 Å². The van der Waals surface area contributed by atoms with Crippen LogP contribution < -0.4 is 10.5 Å². The second-order valence-electron chi connectivity index (χ2n) is 4.08. The summed E-state index contributed by atoms with van der Waals surface area (Å²) in [6.45, 7) is 4.09. The molecule has 0 spiro atoms. The molecule has 2 aromatic heterocycles. The SMILES string of the molecule is CC(C)n1cc(Oc2cccc(C(N)=S)n2)cn1. The zero-order valence-electron chi connectivity index (χ0n) is 10.2. The van der Waals surface area contributed by atoms with Crippen LogP contribution in [-0.4, -0.2) is 19.8 Å². The van der Waals surface area contributed by atoms with Gasteiger partial charge in [0.2, 0.25) is 5.88 Å². The number of pyridine rings is 1. The van der Waals surface area contributed by atoms with Crippen LogP contribution in [0.2, 0.25) is 0 Å². The van der Waals surface area contributed by atoms with Crippen molar-refractivity contribution in [1.82, 2.24) is 14.8 Å². The van der Waals surface area contributed by atoms with E-state index in [-0.39, 0.29) is 4.99 Å². The van der Waals surface area contributed by atoms with E-state index in [2.05, 4.69) is 10.1 Å². The fourth-order valence-corrected chi connectivity index (χ4v) is 1.50. The second kappa shape index (κ2) is 5.14. The molecule has 0 aliphatic rings. The van der Waals surface area contributed by atoms with Crippen LogP contribution in [0.3, 0.4) is 0 Å². The molecule has 0 saturated carbocycles. The summed E-state index contributed by atoms with van der Waals surface area (Å²) in [7, 11) is 0. The molecule has 0 aliphatic carbocycles. The van der Waals surface area contributed by atoms with Gasteiger partial charge in [-0.25, -0.2) is 4.98 Å². The van der Waals surface area contributed by atoms with E-state index in [1.165, 1.54) is 0 Å². The number of hydrogen-bond acceptors (Lipinski definition) is 4. The van der Waals surface area contributed by atoms with E-state index in [1.807, 2.05) is 24.7 Å². The highest BCUT2D eigenvalue weighted by molar-refractivity contribution is 7.80. The first kappa shape index (κ1) is 12.5. The molecule has 6 heteroatoms. The summed E-state index contributed by atoms with van der Waals surface area (Å²) < 4.78 is 7.40. The highest BCUT2D eigenvalue weighted by Crippen LogP contribution is 2.20. The quantitative estimate of drug-likeness (QED) is 0.856. The van der Waals surface area contributed by atoms with E-state index in [0.717, 1.165) is 0 Å². The van der Waals surface area contributed by atoms with Gasteiger partial charge in [0.1, 0.15) is 10.7 Å². The van der Waals surface area contributed by atoms with Crippen LogP contribution in [0.4, 0.5) is 0 Å². The van der Waals surface area contributed by atoms with Crippen LogP contribution in [0.1, 0.15) is 25.6 Å². The molecular formula is C12H14N4OS. The van der Waals surface area contributed by atoms with Gasteiger partial charge in [0.25, 0.3) is 0 Å². The molecule has 0 radical (unpaired) electrons. The average molecular weight is 262 g/mol. The van der Waals surface area contributed by atoms with E-state index in [4.69, 9.17) is 22.7 Å². The molecule has 0 amide bonds. The number of thiocarbonyl (C=S) groups is 1. The number of hydrogen-bond donors (Lipinski definition) is 1. The number of nitrogens with two attached hydrogens (primary N) is 1. The van der Waals surface area contributed by atoms with Gasteiger partial charge in [-0.1, -0.05) is 18.3 Å². The zero-order valence-corrected chi connectivity index (χ0v) is 11.0. The first-order valence-electron chi connectivity index (χ1n) is 5.55. The molecule has 94 valence electrons. The molecule has 2 heterocycles. The summed E-state index contributed by atoms with van der Waals surface area (Å²) in [6.07, 6.45) is 3.47. The molecule has 0 unspecified atom stereocenters. The normalized spacial score (nSPS) is 10.6. The van der Waals surface area contributed by atoms with Gasteiger partial charge in [-0.15, -0.1) is 0 Å². The minimum absolute atomic E-state index is 0.248. The van der Waals surface area contributed by atoms with E-state index in [1.54, 1.807) is 24.4 Å². The van der Waals surface area contributed by atoms with Gasteiger partial charge in [-0.2, -0.15) is 5.10 Å². The molecule has 0 bridgehead atoms. The van der Waals surface area contributed by atoms with Crippen molar-refractivity contribution in [2.75, 3.05) is 0 Å². The van der Waals surface area contributed by atoms with Crippen LogP contribution >= 0.6 is 12.2 Å². The minimum atomic E-state index is 0.248. The zero-order chi connectivity index (χ0) is 13.1. The van der Waals surface area contributed by atoms with Crippen LogP contribution in [0.15, 0.2) is 30.6 Å². The van der Waals surface area contributed by atoms with Crippen molar-refractivity contribution < 1.29 is 4.74 Å². The summed E-state index contributed by atoms with van der Waals surface area (Å²) in [6, 6.07) is 5.57. The molecule has 0 aromatic carbocycles. The van der Waals surface area contributed by atoms with Gasteiger partial charge in [0.15, 0.2) is 5.75 Å². The lowest BCUT2D eigenvalue weighted by Crippen LogP contribution is -2.11. The summed E-state index contributed by atoms with van der Waals surface area (Å²) in [5.41, 5.74) is 6.06. The predicted octanol–water partition coefficient (Wildman–Crippen LogP) is 2.29. The molecule has 2 N–H and O–H groups in total. The molecule has 2 aromatic rings. The van der Waals surface area contributed by atoms with E-state index in [9.17, 15) is 0 Å². The topological polar surface area (TPSA) is 66.0 Å². The third-order valence-corrected chi connectivity index (χ3v) is 2.51. The minimum Gasteiger partial charge on any atom is -0.436 e. The van der Waals surface area contributed by atoms with Gasteiger partial charge in [0, 0.05) is 12.1 Å². The third kappa shape index (κ3) is 2.84. The van der Waals surface area contributed by atoms with Crippen molar-refractivity contribution in [1.29, 1.82) is 0 Å². The molecule has 5 nitrogen and oxygen atoms in total. The maximum absolute atomic E-state index is 5.59. The van der Waals surface area contributed by atoms with Crippen molar-refractivity contribution in [3.05, 3.63) is 36.3 Å². The molecule has 0 aliphatic heterocycles. The lowest BCUT2D eigenvalue weighted by atomic mass is 10.3. The monoisotopic (exact) mass is 262 g/mol. The third-order valence-electron chi connectivity index (χ3n) is 2.31. The van der Waals surface area contributed by atoms with Gasteiger partial charge in [-0.05, 0) is 19.9 Å². The highest BCUT2D eigenvalue weighted by atomic mass is 32.1. The first-order valence-corrected chi connectivity index (χ1v) is 5.96. The van der Waals surface area contributed by atoms with E-state index < -0.39 is 0 Å². The number of aromatic nitrogens is 3. The highest BCUT2D eigenvalue weighted by Gasteiger charge is 2.06. The van der Waals surface area contributed by atoms with E-state index >= 15 is 0 Å². The van der Waals surface area contributed by atoms with Gasteiger partial charge in [-0.3, -0.25) is 4.68 Å². The maximum atomic E-state index is 5.59. The Balaban J connectivity index is 2.17. The fourth-order valence-electron chi connectivity index (χ4n) is 1.39. The molecule has 0 atom stereocenters. The van der Waals surface area contributed by atoms with Gasteiger partial charge in [0.05, 0.1) is 12.4 Å². The Morgan fingerprint density at radius 2 is 2.22 bits per heavy atom. The van der Waals surface area contributed by atoms with Crippen molar-refractivity contribution in [2.24, 2.45) is 5.73 Å². The molecule has 18 heavy (non-hydrogen) atoms. The standard InChI is InChI=1S/C12H14N4OS/c1-8(2)16-7-9(6-14-16)17-11-5-3-4-10(15-11)12(13)18/h3-8H,1-2H3,(H2,13,18). The Morgan fingerprint density at radius 3 is 2.83 bits per heavy atom. The first-order chi connectivity index (χ1) is 8.56. The lowest BCUT2D eigenvalue weighted by molar-refractivity contribution is 0.459. The molecule has 0 saturated heterocycles. The fraction of sp³-hybridized carbons (Fsp3) is 0.250. The van der Waals surface area contributed by atoms with Gasteiger partial charge < -0.3 is 10.5 Å². The second-order valence-corrected chi connectivity index (χ2v) is 4.52. The Kier molecular flexibility index (Phi) is 3.57. The molecule has 2 rings (SSSR count). The summed E-state index contributed by atoms with van der Waals surface area (Å²) in [5, 5.41) is 4.18. The Bertz CT molecular complexity index is 565. The number of ether oxygens (including phenoxy) is 1. The smallest absolute Gasteiger partial charge is 0.220 e. The summed E-state index contributed by atoms with van der Waals surface area (Å²) >= 11 is 4.87. The van der Waals surface area contributed by atoms with Crippen LogP contribution in [0.5, 0.6) is 11.6 Å². The lowest BCUT2D eigenvalue weighted by Gasteiger charge is -2.04. The number of nitrogens with zero attached hydrogens (tertiary/aromatic N) is 3. The summed E-state index contributed by atoms with van der Waals surface area (Å²) in [4.78, 5) is 4.44. The van der Waals surface area contributed by atoms with E-state index in [0.29, 0.717) is 23.4 Å². The molecule has 0 fully saturated rings. The number of rotatable bonds is 4. The van der Waals surface area contributed by atoms with Crippen molar-refractivity contribution >= 4 is 17.2 Å². The van der Waals surface area contributed by atoms with Crippen molar-refractivity contribution in [2.45, 2.75) is 19.9 Å². The van der Waals surface area contributed by atoms with Crippen LogP contribution in [0.25, 0.3) is 0 Å². The van der Waals surface area contributed by atoms with Crippen LogP contribution in [-0.2, 0) is 0 Å². The Hall–Kier alpha value is -1.95.